The standard InChI is InChI=1S/C24H31F2N5O2S/c1-15-28-21(30-33-15)10-22(32)27-13-17-4-2-16(3-5-17)6-8-31-9-7-20-19(14-31)29-23(34-20)18-11-24(25,26)12-18/h13,16-18H,2-12,14H2,1H3. The summed E-state index contributed by atoms with van der Waals surface area (Å²) in [6.07, 6.45) is 8.41. The minimum absolute atomic E-state index is 0.0385. The van der Waals surface area contributed by atoms with Gasteiger partial charge in [-0.05, 0) is 56.9 Å². The van der Waals surface area contributed by atoms with Crippen molar-refractivity contribution in [3.63, 3.8) is 0 Å². The van der Waals surface area contributed by atoms with Crippen LogP contribution in [0, 0.1) is 18.8 Å². The fourth-order valence-corrected chi connectivity index (χ4v) is 6.41. The lowest BCUT2D eigenvalue weighted by molar-refractivity contribution is -0.117. The van der Waals surface area contributed by atoms with Gasteiger partial charge in [-0.25, -0.2) is 18.8 Å². The largest absolute Gasteiger partial charge is 0.340 e. The first-order chi connectivity index (χ1) is 16.3. The molecule has 10 heteroatoms. The van der Waals surface area contributed by atoms with Crippen LogP contribution in [0.15, 0.2) is 9.52 Å². The first-order valence-electron chi connectivity index (χ1n) is 12.3. The number of hydrogen-bond acceptors (Lipinski definition) is 7. The fourth-order valence-electron chi connectivity index (χ4n) is 5.25. The van der Waals surface area contributed by atoms with E-state index in [4.69, 9.17) is 9.51 Å². The molecular weight excluding hydrogens is 460 g/mol. The smallest absolute Gasteiger partial charge is 0.253 e. The molecule has 7 nitrogen and oxygen atoms in total. The number of thiazole rings is 1. The van der Waals surface area contributed by atoms with Crippen LogP contribution >= 0.6 is 11.3 Å². The Bertz CT molecular complexity index is 1040. The zero-order chi connectivity index (χ0) is 23.7. The van der Waals surface area contributed by atoms with Crippen molar-refractivity contribution >= 4 is 23.5 Å². The van der Waals surface area contributed by atoms with Crippen molar-refractivity contribution in [3.05, 3.63) is 27.3 Å². The van der Waals surface area contributed by atoms with Crippen LogP contribution in [0.4, 0.5) is 8.78 Å². The molecule has 2 aromatic rings. The van der Waals surface area contributed by atoms with Crippen molar-refractivity contribution in [2.75, 3.05) is 13.1 Å². The first-order valence-corrected chi connectivity index (χ1v) is 13.1. The second-order valence-corrected chi connectivity index (χ2v) is 11.2. The van der Waals surface area contributed by atoms with Crippen LogP contribution in [0.5, 0.6) is 0 Å². The maximum Gasteiger partial charge on any atom is 0.253 e. The van der Waals surface area contributed by atoms with Crippen LogP contribution in [0.1, 0.15) is 78.2 Å². The normalized spacial score (nSPS) is 25.4. The van der Waals surface area contributed by atoms with Crippen LogP contribution in [-0.4, -0.2) is 51.2 Å². The third-order valence-electron chi connectivity index (χ3n) is 7.32. The third kappa shape index (κ3) is 5.76. The van der Waals surface area contributed by atoms with Gasteiger partial charge < -0.3 is 4.52 Å². The lowest BCUT2D eigenvalue weighted by atomic mass is 9.81. The molecule has 2 fully saturated rings. The number of aryl methyl sites for hydroxylation is 1. The summed E-state index contributed by atoms with van der Waals surface area (Å²) in [5, 5.41) is 4.66. The topological polar surface area (TPSA) is 84.5 Å². The summed E-state index contributed by atoms with van der Waals surface area (Å²) < 4.78 is 31.3. The molecule has 0 aromatic carbocycles. The molecule has 184 valence electrons. The van der Waals surface area contributed by atoms with Gasteiger partial charge in [0, 0.05) is 49.9 Å². The molecule has 3 aliphatic rings. The van der Waals surface area contributed by atoms with Crippen molar-refractivity contribution in [2.45, 2.75) is 83.1 Å². The SMILES string of the molecule is Cc1nc(CC(=O)N=CC2CCC(CCN3CCc4sc(C5CC(F)(F)C5)nc4C3)CC2)no1. The molecule has 1 aliphatic heterocycles. The van der Waals surface area contributed by atoms with Crippen LogP contribution in [-0.2, 0) is 24.2 Å². The molecule has 5 rings (SSSR count). The van der Waals surface area contributed by atoms with Gasteiger partial charge in [0.1, 0.15) is 0 Å². The van der Waals surface area contributed by atoms with Gasteiger partial charge in [-0.3, -0.25) is 9.69 Å². The molecule has 0 atom stereocenters. The van der Waals surface area contributed by atoms with E-state index >= 15 is 0 Å². The second-order valence-electron chi connectivity index (χ2n) is 10.1. The molecule has 0 saturated heterocycles. The minimum Gasteiger partial charge on any atom is -0.340 e. The number of aromatic nitrogens is 3. The Morgan fingerprint density at radius 3 is 2.76 bits per heavy atom. The maximum atomic E-state index is 13.2. The van der Waals surface area contributed by atoms with Crippen molar-refractivity contribution in [3.8, 4) is 0 Å². The second kappa shape index (κ2) is 9.89. The van der Waals surface area contributed by atoms with Gasteiger partial charge in [0.05, 0.1) is 17.1 Å². The molecule has 0 unspecified atom stereocenters. The van der Waals surface area contributed by atoms with Crippen LogP contribution in [0.25, 0.3) is 0 Å². The molecule has 2 aliphatic carbocycles. The van der Waals surface area contributed by atoms with Crippen molar-refractivity contribution < 1.29 is 18.1 Å². The van der Waals surface area contributed by atoms with Crippen LogP contribution in [0.3, 0.4) is 0 Å². The monoisotopic (exact) mass is 491 g/mol. The zero-order valence-electron chi connectivity index (χ0n) is 19.5. The number of carbonyl (C=O) groups is 1. The first kappa shape index (κ1) is 23.7. The van der Waals surface area contributed by atoms with E-state index < -0.39 is 5.92 Å². The highest BCUT2D eigenvalue weighted by Gasteiger charge is 2.47. The molecule has 0 bridgehead atoms. The third-order valence-corrected chi connectivity index (χ3v) is 8.64. The molecular formula is C24H31F2N5O2S. The fraction of sp³-hybridized carbons (Fsp3) is 0.708. The number of carbonyl (C=O) groups excluding carboxylic acids is 1. The maximum absolute atomic E-state index is 13.2. The number of fused-ring (bicyclic) bond motifs is 1. The Morgan fingerprint density at radius 1 is 1.26 bits per heavy atom. The Labute approximate surface area is 202 Å². The minimum atomic E-state index is -2.49. The summed E-state index contributed by atoms with van der Waals surface area (Å²) >= 11 is 1.66. The molecule has 0 N–H and O–H groups in total. The number of nitrogens with zero attached hydrogens (tertiary/aromatic N) is 5. The quantitative estimate of drug-likeness (QED) is 0.520. The number of aliphatic imine (C=N–C) groups is 1. The molecule has 2 aromatic heterocycles. The van der Waals surface area contributed by atoms with Crippen molar-refractivity contribution in [2.24, 2.45) is 16.8 Å². The van der Waals surface area contributed by atoms with Gasteiger partial charge in [-0.2, -0.15) is 4.98 Å². The zero-order valence-corrected chi connectivity index (χ0v) is 20.3. The molecule has 3 heterocycles. The highest BCUT2D eigenvalue weighted by Crippen LogP contribution is 2.49. The summed E-state index contributed by atoms with van der Waals surface area (Å²) in [6, 6.07) is 0. The predicted molar refractivity (Wildman–Crippen MR) is 124 cm³/mol. The Morgan fingerprint density at radius 2 is 2.06 bits per heavy atom. The van der Waals surface area contributed by atoms with E-state index in [1.807, 2.05) is 6.21 Å². The van der Waals surface area contributed by atoms with Crippen LogP contribution in [0.2, 0.25) is 0 Å². The van der Waals surface area contributed by atoms with Crippen LogP contribution < -0.4 is 0 Å². The summed E-state index contributed by atoms with van der Waals surface area (Å²) in [7, 11) is 0. The van der Waals surface area contributed by atoms with Crippen molar-refractivity contribution in [1.29, 1.82) is 0 Å². The van der Waals surface area contributed by atoms with E-state index in [2.05, 4.69) is 20.0 Å². The molecule has 0 radical (unpaired) electrons. The van der Waals surface area contributed by atoms with E-state index in [0.29, 0.717) is 23.6 Å². The summed E-state index contributed by atoms with van der Waals surface area (Å²) in [5.41, 5.74) is 1.11. The van der Waals surface area contributed by atoms with Crippen molar-refractivity contribution in [1.82, 2.24) is 20.0 Å². The van der Waals surface area contributed by atoms with Gasteiger partial charge in [-0.1, -0.05) is 5.16 Å². The van der Waals surface area contributed by atoms with E-state index in [1.54, 1.807) is 18.3 Å². The molecule has 0 spiro atoms. The number of halogens is 2. The lowest BCUT2D eigenvalue weighted by Gasteiger charge is -2.33. The summed E-state index contributed by atoms with van der Waals surface area (Å²) in [4.78, 5) is 28.7. The number of hydrogen-bond donors (Lipinski definition) is 0. The van der Waals surface area contributed by atoms with E-state index in [0.717, 1.165) is 62.4 Å². The Hall–Kier alpha value is -2.07. The predicted octanol–water partition coefficient (Wildman–Crippen LogP) is 4.74. The molecule has 34 heavy (non-hydrogen) atoms. The summed E-state index contributed by atoms with van der Waals surface area (Å²) in [6.45, 7) is 4.63. The Kier molecular flexibility index (Phi) is 6.88. The van der Waals surface area contributed by atoms with E-state index in [9.17, 15) is 13.6 Å². The van der Waals surface area contributed by atoms with Gasteiger partial charge >= 0.3 is 0 Å². The average Bonchev–Trinajstić information content (AvgIpc) is 3.40. The van der Waals surface area contributed by atoms with E-state index in [-0.39, 0.29) is 31.1 Å². The average molecular weight is 492 g/mol. The van der Waals surface area contributed by atoms with E-state index in [1.165, 1.54) is 11.3 Å². The number of amides is 1. The van der Waals surface area contributed by atoms with Gasteiger partial charge in [0.15, 0.2) is 5.82 Å². The van der Waals surface area contributed by atoms with Gasteiger partial charge in [-0.15, -0.1) is 11.3 Å². The highest BCUT2D eigenvalue weighted by molar-refractivity contribution is 7.11. The lowest BCUT2D eigenvalue weighted by Crippen LogP contribution is -2.33. The Balaban J connectivity index is 1.02. The molecule has 1 amide bonds. The summed E-state index contributed by atoms with van der Waals surface area (Å²) in [5.74, 6) is -0.874. The number of alkyl halides is 2. The van der Waals surface area contributed by atoms with Gasteiger partial charge in [0.2, 0.25) is 11.8 Å². The van der Waals surface area contributed by atoms with Gasteiger partial charge in [0.25, 0.3) is 5.91 Å². The number of rotatable bonds is 7. The highest BCUT2D eigenvalue weighted by atomic mass is 32.1. The molecule has 2 saturated carbocycles.